The molecule has 2 N–H and O–H groups in total. The lowest BCUT2D eigenvalue weighted by molar-refractivity contribution is 0.430. The Kier molecular flexibility index (Phi) is 8.55. The monoisotopic (exact) mass is 439 g/mol. The maximum absolute atomic E-state index is 6.57. The van der Waals surface area contributed by atoms with Crippen LogP contribution in [0.5, 0.6) is 0 Å². The second-order valence-electron chi connectivity index (χ2n) is 9.28. The van der Waals surface area contributed by atoms with Crippen LogP contribution in [0.4, 0.5) is 0 Å². The van der Waals surface area contributed by atoms with E-state index in [0.717, 1.165) is 11.3 Å². The number of allylic oxidation sites excluding steroid dienone is 7. The van der Waals surface area contributed by atoms with E-state index in [0.29, 0.717) is 5.92 Å². The summed E-state index contributed by atoms with van der Waals surface area (Å²) in [5.74, 6) is 0.335. The van der Waals surface area contributed by atoms with Gasteiger partial charge in [-0.1, -0.05) is 121 Å². The zero-order valence-electron chi connectivity index (χ0n) is 21.2. The van der Waals surface area contributed by atoms with Crippen LogP contribution in [0.1, 0.15) is 82.9 Å². The zero-order valence-corrected chi connectivity index (χ0v) is 21.2. The number of aryl methyl sites for hydroxylation is 1. The minimum absolute atomic E-state index is 0.0261. The lowest BCUT2D eigenvalue weighted by Gasteiger charge is -2.38. The number of hydrogen-bond donors (Lipinski definition) is 1. The highest BCUT2D eigenvalue weighted by Gasteiger charge is 2.35. The van der Waals surface area contributed by atoms with Gasteiger partial charge < -0.3 is 5.73 Å². The molecule has 0 heterocycles. The average molecular weight is 440 g/mol. The van der Waals surface area contributed by atoms with Crippen LogP contribution in [0.25, 0.3) is 16.8 Å². The normalized spacial score (nSPS) is 24.1. The van der Waals surface area contributed by atoms with Gasteiger partial charge in [0.2, 0.25) is 0 Å². The third-order valence-corrected chi connectivity index (χ3v) is 7.23. The molecule has 0 bridgehead atoms. The third kappa shape index (κ3) is 5.41. The molecule has 2 unspecified atom stereocenters. The van der Waals surface area contributed by atoms with Crippen LogP contribution in [0.3, 0.4) is 0 Å². The molecule has 2 atom stereocenters. The van der Waals surface area contributed by atoms with Gasteiger partial charge >= 0.3 is 0 Å². The molecule has 0 spiro atoms. The highest BCUT2D eigenvalue weighted by molar-refractivity contribution is 5.76. The summed E-state index contributed by atoms with van der Waals surface area (Å²) in [6.07, 6.45) is 19.5. The summed E-state index contributed by atoms with van der Waals surface area (Å²) < 4.78 is 0. The average Bonchev–Trinajstić information content (AvgIpc) is 2.86. The van der Waals surface area contributed by atoms with Gasteiger partial charge in [0.05, 0.1) is 0 Å². The van der Waals surface area contributed by atoms with Crippen LogP contribution in [0, 0.1) is 5.41 Å². The highest BCUT2D eigenvalue weighted by Crippen LogP contribution is 2.48. The molecule has 1 nitrogen and oxygen atoms in total. The number of hydrogen-bond acceptors (Lipinski definition) is 1. The van der Waals surface area contributed by atoms with Crippen molar-refractivity contribution >= 4 is 5.70 Å². The number of unbranched alkanes of at least 4 members (excludes halogenated alkanes) is 3. The molecule has 4 rings (SSSR count). The summed E-state index contributed by atoms with van der Waals surface area (Å²) in [7, 11) is 0. The number of nitrogens with two attached hydrogens (primary N) is 1. The molecule has 2 aliphatic rings. The molecule has 0 amide bonds. The molecule has 33 heavy (non-hydrogen) atoms. The molecule has 0 radical (unpaired) electrons. The van der Waals surface area contributed by atoms with Crippen LogP contribution >= 0.6 is 0 Å². The van der Waals surface area contributed by atoms with Crippen molar-refractivity contribution in [3.63, 3.8) is 0 Å². The lowest BCUT2D eigenvalue weighted by atomic mass is 9.66. The molecule has 2 aliphatic carbocycles. The number of fused-ring (bicyclic) bond motifs is 2. The molecular weight excluding hydrogens is 398 g/mol. The molecule has 0 aromatic heterocycles. The van der Waals surface area contributed by atoms with Crippen LogP contribution in [0.2, 0.25) is 0 Å². The highest BCUT2D eigenvalue weighted by atomic mass is 14.6. The van der Waals surface area contributed by atoms with Gasteiger partial charge in [0.25, 0.3) is 0 Å². The summed E-state index contributed by atoms with van der Waals surface area (Å²) >= 11 is 0. The largest absolute Gasteiger partial charge is 0.398 e. The first kappa shape index (κ1) is 24.8. The van der Waals surface area contributed by atoms with Gasteiger partial charge in [-0.05, 0) is 58.7 Å². The Morgan fingerprint density at radius 2 is 1.61 bits per heavy atom. The second kappa shape index (κ2) is 11.4. The first-order chi connectivity index (χ1) is 16.0. The van der Waals surface area contributed by atoms with Gasteiger partial charge in [0.15, 0.2) is 0 Å². The topological polar surface area (TPSA) is 26.0 Å². The van der Waals surface area contributed by atoms with Crippen molar-refractivity contribution in [1.82, 2.24) is 0 Å². The minimum Gasteiger partial charge on any atom is -0.398 e. The Labute approximate surface area is 201 Å². The first-order valence-electron chi connectivity index (χ1n) is 12.8. The van der Waals surface area contributed by atoms with Crippen LogP contribution in [-0.2, 0) is 6.42 Å². The quantitative estimate of drug-likeness (QED) is 0.446. The van der Waals surface area contributed by atoms with Gasteiger partial charge in [-0.3, -0.25) is 0 Å². The standard InChI is InChI=1S/C30H35N.C2H6/c1-4-5-6-7-10-23-12-14-24(15-13-23)25-16-18-27-22(2)30(3)20-9-8-11-26(30)17-19-29(31)28(27)21-25;1-2/h8-9,11-22H,4-7,10,31H2,1-3H3;1-2H3/b26-17-,29-19-;. The smallest absolute Gasteiger partial charge is 0.0390 e. The predicted molar refractivity (Wildman–Crippen MR) is 146 cm³/mol. The van der Waals surface area contributed by atoms with E-state index in [1.807, 2.05) is 13.8 Å². The number of benzene rings is 2. The molecular formula is C32H41N. The van der Waals surface area contributed by atoms with Crippen molar-refractivity contribution in [2.75, 3.05) is 0 Å². The maximum Gasteiger partial charge on any atom is 0.0390 e. The molecule has 2 aromatic rings. The van der Waals surface area contributed by atoms with Gasteiger partial charge in [0, 0.05) is 16.7 Å². The SMILES string of the molecule is CC.CCCCCCc1ccc(-c2ccc3c(c2)/C(N)=C/C=C2/C=CC=CC2(C)C3C)cc1. The van der Waals surface area contributed by atoms with E-state index in [1.165, 1.54) is 59.9 Å². The molecule has 174 valence electrons. The van der Waals surface area contributed by atoms with Crippen molar-refractivity contribution in [2.45, 2.75) is 72.6 Å². The summed E-state index contributed by atoms with van der Waals surface area (Å²) in [4.78, 5) is 0. The fourth-order valence-corrected chi connectivity index (χ4v) is 4.90. The summed E-state index contributed by atoms with van der Waals surface area (Å²) in [5, 5.41) is 0. The number of rotatable bonds is 6. The molecule has 0 fully saturated rings. The van der Waals surface area contributed by atoms with Crippen molar-refractivity contribution in [2.24, 2.45) is 11.1 Å². The summed E-state index contributed by atoms with van der Waals surface area (Å²) in [6.45, 7) is 10.9. The lowest BCUT2D eigenvalue weighted by Crippen LogP contribution is -2.26. The van der Waals surface area contributed by atoms with E-state index in [1.54, 1.807) is 0 Å². The van der Waals surface area contributed by atoms with Gasteiger partial charge in [-0.2, -0.15) is 0 Å². The Morgan fingerprint density at radius 3 is 2.33 bits per heavy atom. The van der Waals surface area contributed by atoms with Crippen LogP contribution < -0.4 is 5.73 Å². The van der Waals surface area contributed by atoms with Crippen molar-refractivity contribution in [3.8, 4) is 11.1 Å². The van der Waals surface area contributed by atoms with Crippen molar-refractivity contribution in [1.29, 1.82) is 0 Å². The zero-order chi connectivity index (χ0) is 23.8. The molecule has 0 aliphatic heterocycles. The van der Waals surface area contributed by atoms with E-state index in [4.69, 9.17) is 5.73 Å². The van der Waals surface area contributed by atoms with E-state index >= 15 is 0 Å². The van der Waals surface area contributed by atoms with Crippen molar-refractivity contribution in [3.05, 3.63) is 101 Å². The fraction of sp³-hybridized carbons (Fsp3) is 0.375. The van der Waals surface area contributed by atoms with Crippen LogP contribution in [-0.4, -0.2) is 0 Å². The Hall–Kier alpha value is -2.80. The van der Waals surface area contributed by atoms with Crippen LogP contribution in [0.15, 0.2) is 84.5 Å². The van der Waals surface area contributed by atoms with Gasteiger partial charge in [-0.25, -0.2) is 0 Å². The van der Waals surface area contributed by atoms with E-state index in [9.17, 15) is 0 Å². The van der Waals surface area contributed by atoms with Crippen molar-refractivity contribution < 1.29 is 0 Å². The molecule has 1 heteroatoms. The summed E-state index contributed by atoms with van der Waals surface area (Å²) in [6, 6.07) is 15.9. The Morgan fingerprint density at radius 1 is 0.879 bits per heavy atom. The summed E-state index contributed by atoms with van der Waals surface area (Å²) in [5.41, 5.74) is 15.1. The second-order valence-corrected chi connectivity index (χ2v) is 9.28. The Balaban J connectivity index is 0.00000149. The molecule has 0 saturated carbocycles. The van der Waals surface area contributed by atoms with E-state index in [-0.39, 0.29) is 5.41 Å². The third-order valence-electron chi connectivity index (χ3n) is 7.23. The molecule has 0 saturated heterocycles. The first-order valence-corrected chi connectivity index (χ1v) is 12.8. The molecule has 2 aromatic carbocycles. The van der Waals surface area contributed by atoms with Gasteiger partial charge in [0.1, 0.15) is 0 Å². The maximum atomic E-state index is 6.57. The fourth-order valence-electron chi connectivity index (χ4n) is 4.90. The van der Waals surface area contributed by atoms with E-state index < -0.39 is 0 Å². The van der Waals surface area contributed by atoms with E-state index in [2.05, 4.69) is 99.7 Å². The Bertz CT molecular complexity index is 1050. The predicted octanol–water partition coefficient (Wildman–Crippen LogP) is 8.98. The minimum atomic E-state index is -0.0261. The van der Waals surface area contributed by atoms with Gasteiger partial charge in [-0.15, -0.1) is 0 Å².